The van der Waals surface area contributed by atoms with Gasteiger partial charge < -0.3 is 29.4 Å². The Labute approximate surface area is 159 Å². The summed E-state index contributed by atoms with van der Waals surface area (Å²) in [7, 11) is 6.53. The van der Waals surface area contributed by atoms with Crippen molar-refractivity contribution in [3.05, 3.63) is 29.8 Å². The van der Waals surface area contributed by atoms with E-state index in [4.69, 9.17) is 14.2 Å². The fourth-order valence-corrected chi connectivity index (χ4v) is 2.68. The summed E-state index contributed by atoms with van der Waals surface area (Å²) in [6.45, 7) is 4.09. The van der Waals surface area contributed by atoms with Crippen LogP contribution < -0.4 is 24.8 Å². The Balaban J connectivity index is 1.93. The fourth-order valence-electron chi connectivity index (χ4n) is 2.68. The number of ether oxygens (including phenoxy) is 3. The third kappa shape index (κ3) is 5.25. The van der Waals surface area contributed by atoms with Crippen LogP contribution in [0.5, 0.6) is 17.2 Å². The van der Waals surface area contributed by atoms with Gasteiger partial charge in [0.1, 0.15) is 12.2 Å². The lowest BCUT2D eigenvalue weighted by molar-refractivity contribution is 0.323. The third-order valence-electron chi connectivity index (χ3n) is 4.07. The molecule has 1 aromatic heterocycles. The minimum absolute atomic E-state index is 0.559. The van der Waals surface area contributed by atoms with Gasteiger partial charge in [-0.3, -0.25) is 4.99 Å². The van der Waals surface area contributed by atoms with Crippen molar-refractivity contribution < 1.29 is 14.2 Å². The van der Waals surface area contributed by atoms with Crippen LogP contribution in [0.3, 0.4) is 0 Å². The number of hydrogen-bond donors (Lipinski definition) is 2. The topological polar surface area (TPSA) is 94.8 Å². The zero-order valence-corrected chi connectivity index (χ0v) is 16.6. The van der Waals surface area contributed by atoms with Gasteiger partial charge in [-0.25, -0.2) is 0 Å². The highest BCUT2D eigenvalue weighted by atomic mass is 16.5. The first-order chi connectivity index (χ1) is 13.2. The van der Waals surface area contributed by atoms with Gasteiger partial charge in [-0.15, -0.1) is 10.2 Å². The number of nitrogens with zero attached hydrogens (tertiary/aromatic N) is 4. The Kier molecular flexibility index (Phi) is 7.72. The average molecular weight is 376 g/mol. The highest BCUT2D eigenvalue weighted by molar-refractivity contribution is 5.79. The molecule has 0 spiro atoms. The monoisotopic (exact) mass is 376 g/mol. The number of hydrogen-bond acceptors (Lipinski definition) is 6. The number of aryl methyl sites for hydroxylation is 1. The Morgan fingerprint density at radius 1 is 1.11 bits per heavy atom. The molecular formula is C18H28N6O3. The standard InChI is InChI=1S/C18H28N6O3/c1-6-16-23-22-12-24(16)8-7-20-18(19-2)21-11-13-9-14(25-3)17(27-5)15(10-13)26-4/h9-10,12H,6-8,11H2,1-5H3,(H2,19,20,21). The fraction of sp³-hybridized carbons (Fsp3) is 0.500. The average Bonchev–Trinajstić information content (AvgIpc) is 3.16. The molecule has 0 bridgehead atoms. The van der Waals surface area contributed by atoms with Crippen molar-refractivity contribution in [3.63, 3.8) is 0 Å². The summed E-state index contributed by atoms with van der Waals surface area (Å²) in [5.41, 5.74) is 0.986. The molecule has 1 heterocycles. The van der Waals surface area contributed by atoms with Crippen LogP contribution in [0.4, 0.5) is 0 Å². The lowest BCUT2D eigenvalue weighted by Crippen LogP contribution is -2.38. The highest BCUT2D eigenvalue weighted by Gasteiger charge is 2.13. The van der Waals surface area contributed by atoms with Crippen molar-refractivity contribution >= 4 is 5.96 Å². The molecular weight excluding hydrogens is 348 g/mol. The summed E-state index contributed by atoms with van der Waals surface area (Å²) in [5, 5.41) is 14.6. The van der Waals surface area contributed by atoms with Crippen LogP contribution in [-0.2, 0) is 19.5 Å². The first-order valence-electron chi connectivity index (χ1n) is 8.76. The molecule has 0 unspecified atom stereocenters. The van der Waals surface area contributed by atoms with Crippen molar-refractivity contribution in [3.8, 4) is 17.2 Å². The summed E-state index contributed by atoms with van der Waals surface area (Å²) in [4.78, 5) is 4.25. The van der Waals surface area contributed by atoms with Gasteiger partial charge in [-0.2, -0.15) is 0 Å². The normalized spacial score (nSPS) is 11.2. The van der Waals surface area contributed by atoms with E-state index in [0.29, 0.717) is 36.3 Å². The third-order valence-corrected chi connectivity index (χ3v) is 4.07. The number of aromatic nitrogens is 3. The van der Waals surface area contributed by atoms with Crippen molar-refractivity contribution in [2.24, 2.45) is 4.99 Å². The van der Waals surface area contributed by atoms with Gasteiger partial charge in [0.25, 0.3) is 0 Å². The minimum Gasteiger partial charge on any atom is -0.493 e. The van der Waals surface area contributed by atoms with E-state index < -0.39 is 0 Å². The van der Waals surface area contributed by atoms with Crippen molar-refractivity contribution in [1.82, 2.24) is 25.4 Å². The Hall–Kier alpha value is -2.97. The molecule has 0 saturated carbocycles. The number of benzene rings is 1. The predicted octanol–water partition coefficient (Wildman–Crippen LogP) is 1.23. The zero-order valence-electron chi connectivity index (χ0n) is 16.6. The van der Waals surface area contributed by atoms with Gasteiger partial charge in [-0.05, 0) is 17.7 Å². The van der Waals surface area contributed by atoms with Crippen molar-refractivity contribution in [1.29, 1.82) is 0 Å². The van der Waals surface area contributed by atoms with Gasteiger partial charge in [0.15, 0.2) is 17.5 Å². The molecule has 0 aliphatic heterocycles. The van der Waals surface area contributed by atoms with Crippen LogP contribution in [0, 0.1) is 0 Å². The van der Waals surface area contributed by atoms with E-state index in [0.717, 1.165) is 24.4 Å². The second-order valence-corrected chi connectivity index (χ2v) is 5.68. The first kappa shape index (κ1) is 20.3. The number of guanidine groups is 1. The molecule has 0 amide bonds. The lowest BCUT2D eigenvalue weighted by Gasteiger charge is -2.16. The van der Waals surface area contributed by atoms with Crippen LogP contribution in [0.15, 0.2) is 23.5 Å². The van der Waals surface area contributed by atoms with E-state index in [1.807, 2.05) is 16.7 Å². The molecule has 27 heavy (non-hydrogen) atoms. The van der Waals surface area contributed by atoms with E-state index >= 15 is 0 Å². The molecule has 0 fully saturated rings. The zero-order chi connectivity index (χ0) is 19.6. The molecule has 9 heteroatoms. The minimum atomic E-state index is 0.559. The molecule has 2 N–H and O–H groups in total. The van der Waals surface area contributed by atoms with Gasteiger partial charge in [0.05, 0.1) is 21.3 Å². The van der Waals surface area contributed by atoms with Crippen LogP contribution in [-0.4, -0.2) is 55.6 Å². The van der Waals surface area contributed by atoms with Crippen LogP contribution in [0.25, 0.3) is 0 Å². The molecule has 2 rings (SSSR count). The van der Waals surface area contributed by atoms with Gasteiger partial charge >= 0.3 is 0 Å². The van der Waals surface area contributed by atoms with Gasteiger partial charge in [0, 0.05) is 33.1 Å². The molecule has 0 saturated heterocycles. The van der Waals surface area contributed by atoms with E-state index in [9.17, 15) is 0 Å². The van der Waals surface area contributed by atoms with Crippen LogP contribution in [0.1, 0.15) is 18.3 Å². The van der Waals surface area contributed by atoms with Gasteiger partial charge in [0.2, 0.25) is 5.75 Å². The van der Waals surface area contributed by atoms with E-state index in [2.05, 4.69) is 32.7 Å². The van der Waals surface area contributed by atoms with Crippen molar-refractivity contribution in [2.45, 2.75) is 26.4 Å². The smallest absolute Gasteiger partial charge is 0.203 e. The maximum atomic E-state index is 5.39. The predicted molar refractivity (Wildman–Crippen MR) is 104 cm³/mol. The van der Waals surface area contributed by atoms with E-state index in [1.165, 1.54) is 0 Å². The lowest BCUT2D eigenvalue weighted by atomic mass is 10.2. The summed E-state index contributed by atoms with van der Waals surface area (Å²) >= 11 is 0. The maximum Gasteiger partial charge on any atom is 0.203 e. The second-order valence-electron chi connectivity index (χ2n) is 5.68. The Bertz CT molecular complexity index is 734. The molecule has 148 valence electrons. The van der Waals surface area contributed by atoms with Crippen LogP contribution >= 0.6 is 0 Å². The SMILES string of the molecule is CCc1nncn1CCNC(=NC)NCc1cc(OC)c(OC)c(OC)c1. The number of rotatable bonds is 9. The molecule has 0 atom stereocenters. The van der Waals surface area contributed by atoms with Crippen LogP contribution in [0.2, 0.25) is 0 Å². The van der Waals surface area contributed by atoms with E-state index in [1.54, 1.807) is 34.7 Å². The number of methoxy groups -OCH3 is 3. The number of nitrogens with one attached hydrogen (secondary N) is 2. The molecule has 0 aliphatic rings. The highest BCUT2D eigenvalue weighted by Crippen LogP contribution is 2.38. The maximum absolute atomic E-state index is 5.39. The number of aliphatic imine (C=N–C) groups is 1. The Morgan fingerprint density at radius 2 is 1.81 bits per heavy atom. The quantitative estimate of drug-likeness (QED) is 0.502. The summed E-state index contributed by atoms with van der Waals surface area (Å²) < 4.78 is 18.2. The first-order valence-corrected chi connectivity index (χ1v) is 8.76. The molecule has 9 nitrogen and oxygen atoms in total. The van der Waals surface area contributed by atoms with Gasteiger partial charge in [-0.1, -0.05) is 6.92 Å². The van der Waals surface area contributed by atoms with E-state index in [-0.39, 0.29) is 0 Å². The summed E-state index contributed by atoms with van der Waals surface area (Å²) in [6.07, 6.45) is 2.60. The molecule has 0 radical (unpaired) electrons. The second kappa shape index (κ2) is 10.2. The summed E-state index contributed by atoms with van der Waals surface area (Å²) in [5.74, 6) is 3.49. The largest absolute Gasteiger partial charge is 0.493 e. The molecule has 0 aliphatic carbocycles. The van der Waals surface area contributed by atoms with Crippen molar-refractivity contribution in [2.75, 3.05) is 34.9 Å². The summed E-state index contributed by atoms with van der Waals surface area (Å²) in [6, 6.07) is 3.82. The molecule has 2 aromatic rings. The molecule has 1 aromatic carbocycles. The Morgan fingerprint density at radius 3 is 2.37 bits per heavy atom.